The highest BCUT2D eigenvalue weighted by Gasteiger charge is 2.41. The molecule has 1 aliphatic rings. The molecule has 0 aliphatic carbocycles. The van der Waals surface area contributed by atoms with Crippen LogP contribution in [0.2, 0.25) is 0 Å². The van der Waals surface area contributed by atoms with Crippen LogP contribution in [0.5, 0.6) is 0 Å². The first-order valence-corrected chi connectivity index (χ1v) is 8.62. The molecule has 1 aliphatic heterocycles. The van der Waals surface area contributed by atoms with Gasteiger partial charge in [0.25, 0.3) is 5.91 Å². The van der Waals surface area contributed by atoms with E-state index >= 15 is 0 Å². The monoisotopic (exact) mass is 344 g/mol. The highest BCUT2D eigenvalue weighted by atomic mass is 16.4. The van der Waals surface area contributed by atoms with Crippen molar-refractivity contribution in [1.29, 1.82) is 0 Å². The molecule has 2 aromatic rings. The standard InChI is InChI=1S/C18H24N4O3/c1-14-20-21-16(25-14)12-19-13-18(24)9-5-10-22(17(18)23)11-8-15-6-3-2-4-7-15/h2-4,6-7,19,24H,5,8-13H2,1H3/t18-/m1/s1. The van der Waals surface area contributed by atoms with Gasteiger partial charge in [-0.05, 0) is 24.8 Å². The molecule has 7 heteroatoms. The summed E-state index contributed by atoms with van der Waals surface area (Å²) in [6, 6.07) is 10.1. The van der Waals surface area contributed by atoms with E-state index in [1.54, 1.807) is 11.8 Å². The second kappa shape index (κ2) is 7.76. The van der Waals surface area contributed by atoms with Gasteiger partial charge < -0.3 is 19.7 Å². The Morgan fingerprint density at radius 1 is 1.32 bits per heavy atom. The van der Waals surface area contributed by atoms with Gasteiger partial charge in [-0.15, -0.1) is 10.2 Å². The number of carbonyl (C=O) groups excluding carboxylic acids is 1. The van der Waals surface area contributed by atoms with Gasteiger partial charge in [0.15, 0.2) is 5.60 Å². The Morgan fingerprint density at radius 2 is 2.12 bits per heavy atom. The van der Waals surface area contributed by atoms with Gasteiger partial charge in [-0.2, -0.15) is 0 Å². The quantitative estimate of drug-likeness (QED) is 0.780. The third-order valence-electron chi connectivity index (χ3n) is 4.48. The molecule has 134 valence electrons. The van der Waals surface area contributed by atoms with Gasteiger partial charge in [0.05, 0.1) is 6.54 Å². The number of amides is 1. The molecule has 2 N–H and O–H groups in total. The molecule has 1 aromatic heterocycles. The second-order valence-electron chi connectivity index (χ2n) is 6.48. The van der Waals surface area contributed by atoms with Crippen LogP contribution in [0, 0.1) is 6.92 Å². The zero-order chi connectivity index (χ0) is 17.7. The molecule has 1 saturated heterocycles. The molecular formula is C18H24N4O3. The highest BCUT2D eigenvalue weighted by Crippen LogP contribution is 2.22. The normalized spacial score (nSPS) is 20.9. The van der Waals surface area contributed by atoms with Crippen LogP contribution in [-0.4, -0.2) is 51.3 Å². The van der Waals surface area contributed by atoms with Crippen LogP contribution in [-0.2, 0) is 17.8 Å². The lowest BCUT2D eigenvalue weighted by molar-refractivity contribution is -0.156. The lowest BCUT2D eigenvalue weighted by atomic mass is 9.91. The summed E-state index contributed by atoms with van der Waals surface area (Å²) in [6.07, 6.45) is 2.04. The Kier molecular flexibility index (Phi) is 5.45. The number of rotatable bonds is 7. The predicted molar refractivity (Wildman–Crippen MR) is 91.7 cm³/mol. The van der Waals surface area contributed by atoms with Crippen molar-refractivity contribution in [2.75, 3.05) is 19.6 Å². The summed E-state index contributed by atoms with van der Waals surface area (Å²) in [5.74, 6) is 0.741. The van der Waals surface area contributed by atoms with Gasteiger partial charge in [0.1, 0.15) is 0 Å². The smallest absolute Gasteiger partial charge is 0.255 e. The van der Waals surface area contributed by atoms with E-state index in [0.717, 1.165) is 12.8 Å². The average Bonchev–Trinajstić information content (AvgIpc) is 3.03. The number of hydrogen-bond donors (Lipinski definition) is 2. The lowest BCUT2D eigenvalue weighted by Crippen LogP contribution is -2.58. The van der Waals surface area contributed by atoms with Gasteiger partial charge in [-0.25, -0.2) is 0 Å². The molecule has 0 unspecified atom stereocenters. The number of nitrogens with one attached hydrogen (secondary N) is 1. The number of carbonyl (C=O) groups is 1. The molecular weight excluding hydrogens is 320 g/mol. The summed E-state index contributed by atoms with van der Waals surface area (Å²) < 4.78 is 5.28. The van der Waals surface area contributed by atoms with Crippen LogP contribution in [0.1, 0.15) is 30.2 Å². The lowest BCUT2D eigenvalue weighted by Gasteiger charge is -2.38. The number of nitrogens with zero attached hydrogens (tertiary/aromatic N) is 3. The first-order chi connectivity index (χ1) is 12.1. The van der Waals surface area contributed by atoms with Crippen LogP contribution in [0.3, 0.4) is 0 Å². The van der Waals surface area contributed by atoms with E-state index in [-0.39, 0.29) is 12.5 Å². The van der Waals surface area contributed by atoms with Crippen LogP contribution >= 0.6 is 0 Å². The molecule has 0 bridgehead atoms. The predicted octanol–water partition coefficient (Wildman–Crippen LogP) is 1.06. The largest absolute Gasteiger partial charge is 0.424 e. The summed E-state index contributed by atoms with van der Waals surface area (Å²) >= 11 is 0. The fourth-order valence-corrected chi connectivity index (χ4v) is 3.14. The van der Waals surface area contributed by atoms with Crippen molar-refractivity contribution in [3.63, 3.8) is 0 Å². The van der Waals surface area contributed by atoms with Crippen molar-refractivity contribution >= 4 is 5.91 Å². The summed E-state index contributed by atoms with van der Waals surface area (Å²) in [4.78, 5) is 14.5. The van der Waals surface area contributed by atoms with Crippen LogP contribution in [0.15, 0.2) is 34.7 Å². The molecule has 1 fully saturated rings. The van der Waals surface area contributed by atoms with E-state index in [0.29, 0.717) is 37.8 Å². The van der Waals surface area contributed by atoms with Gasteiger partial charge in [-0.3, -0.25) is 4.79 Å². The fourth-order valence-electron chi connectivity index (χ4n) is 3.14. The topological polar surface area (TPSA) is 91.5 Å². The first kappa shape index (κ1) is 17.6. The molecule has 0 saturated carbocycles. The summed E-state index contributed by atoms with van der Waals surface area (Å²) in [5, 5.41) is 21.5. The second-order valence-corrected chi connectivity index (χ2v) is 6.48. The Morgan fingerprint density at radius 3 is 2.84 bits per heavy atom. The number of likely N-dealkylation sites (tertiary alicyclic amines) is 1. The van der Waals surface area contributed by atoms with Crippen molar-refractivity contribution in [3.8, 4) is 0 Å². The van der Waals surface area contributed by atoms with Crippen molar-refractivity contribution in [2.24, 2.45) is 0 Å². The number of aryl methyl sites for hydroxylation is 1. The van der Waals surface area contributed by atoms with Gasteiger partial charge in [0.2, 0.25) is 11.8 Å². The Hall–Kier alpha value is -2.25. The zero-order valence-electron chi connectivity index (χ0n) is 14.4. The van der Waals surface area contributed by atoms with Crippen LogP contribution < -0.4 is 5.32 Å². The molecule has 25 heavy (non-hydrogen) atoms. The van der Waals surface area contributed by atoms with Gasteiger partial charge in [-0.1, -0.05) is 30.3 Å². The Labute approximate surface area is 147 Å². The van der Waals surface area contributed by atoms with Crippen LogP contribution in [0.25, 0.3) is 0 Å². The van der Waals surface area contributed by atoms with E-state index in [2.05, 4.69) is 27.6 Å². The van der Waals surface area contributed by atoms with Crippen molar-refractivity contribution in [2.45, 2.75) is 38.3 Å². The summed E-state index contributed by atoms with van der Waals surface area (Å²) in [7, 11) is 0. The molecule has 0 spiro atoms. The molecule has 1 atom stereocenters. The van der Waals surface area contributed by atoms with Crippen molar-refractivity contribution in [1.82, 2.24) is 20.4 Å². The Bertz CT molecular complexity index is 703. The molecule has 0 radical (unpaired) electrons. The van der Waals surface area contributed by atoms with Crippen LogP contribution in [0.4, 0.5) is 0 Å². The molecule has 3 rings (SSSR count). The van der Waals surface area contributed by atoms with E-state index in [4.69, 9.17) is 4.42 Å². The maximum absolute atomic E-state index is 12.7. The van der Waals surface area contributed by atoms with E-state index in [1.165, 1.54) is 5.56 Å². The third kappa shape index (κ3) is 4.43. The molecule has 2 heterocycles. The minimum atomic E-state index is -1.37. The molecule has 7 nitrogen and oxygen atoms in total. The van der Waals surface area contributed by atoms with E-state index in [1.807, 2.05) is 18.2 Å². The number of piperidine rings is 1. The number of aromatic nitrogens is 2. The molecule has 1 aromatic carbocycles. The van der Waals surface area contributed by atoms with Gasteiger partial charge in [0, 0.05) is 26.6 Å². The highest BCUT2D eigenvalue weighted by molar-refractivity contribution is 5.86. The number of aliphatic hydroxyl groups is 1. The molecule has 1 amide bonds. The summed E-state index contributed by atoms with van der Waals surface area (Å²) in [6.45, 7) is 3.54. The fraction of sp³-hybridized carbons (Fsp3) is 0.500. The summed E-state index contributed by atoms with van der Waals surface area (Å²) in [5.41, 5.74) is -0.182. The third-order valence-corrected chi connectivity index (χ3v) is 4.48. The van der Waals surface area contributed by atoms with Crippen molar-refractivity contribution < 1.29 is 14.3 Å². The number of benzene rings is 1. The van der Waals surface area contributed by atoms with Crippen molar-refractivity contribution in [3.05, 3.63) is 47.7 Å². The van der Waals surface area contributed by atoms with E-state index in [9.17, 15) is 9.90 Å². The minimum Gasteiger partial charge on any atom is -0.424 e. The maximum Gasteiger partial charge on any atom is 0.255 e. The minimum absolute atomic E-state index is 0.176. The Balaban J connectivity index is 1.52. The SMILES string of the molecule is Cc1nnc(CNC[C@]2(O)CCCN(CCc3ccccc3)C2=O)o1. The average molecular weight is 344 g/mol. The maximum atomic E-state index is 12.7. The number of hydrogen-bond acceptors (Lipinski definition) is 6. The first-order valence-electron chi connectivity index (χ1n) is 8.62. The zero-order valence-corrected chi connectivity index (χ0v) is 14.4. The van der Waals surface area contributed by atoms with E-state index < -0.39 is 5.60 Å². The van der Waals surface area contributed by atoms with Gasteiger partial charge >= 0.3 is 0 Å².